The highest BCUT2D eigenvalue weighted by atomic mass is 16.5. The van der Waals surface area contributed by atoms with Gasteiger partial charge in [-0.1, -0.05) is 32.9 Å². The molecule has 0 radical (unpaired) electrons. The van der Waals surface area contributed by atoms with Gasteiger partial charge in [-0.3, -0.25) is 4.79 Å². The summed E-state index contributed by atoms with van der Waals surface area (Å²) in [6, 6.07) is 15.1. The number of carbonyl (C=O) groups excluding carboxylic acids is 1. The van der Waals surface area contributed by atoms with Gasteiger partial charge in [-0.25, -0.2) is 0 Å². The van der Waals surface area contributed by atoms with Gasteiger partial charge in [0.1, 0.15) is 11.5 Å². The van der Waals surface area contributed by atoms with Gasteiger partial charge in [0.25, 0.3) is 5.91 Å². The zero-order chi connectivity index (χ0) is 18.2. The van der Waals surface area contributed by atoms with E-state index < -0.39 is 6.10 Å². The van der Waals surface area contributed by atoms with E-state index in [1.165, 1.54) is 0 Å². The van der Waals surface area contributed by atoms with E-state index >= 15 is 0 Å². The lowest BCUT2D eigenvalue weighted by molar-refractivity contribution is -0.122. The van der Waals surface area contributed by atoms with E-state index in [0.29, 0.717) is 24.7 Å². The predicted molar refractivity (Wildman–Crippen MR) is 101 cm³/mol. The van der Waals surface area contributed by atoms with E-state index in [2.05, 4.69) is 19.2 Å². The number of rotatable bonds is 8. The van der Waals surface area contributed by atoms with E-state index in [1.807, 2.05) is 62.4 Å². The Hall–Kier alpha value is -2.49. The van der Waals surface area contributed by atoms with Gasteiger partial charge in [0, 0.05) is 5.69 Å². The van der Waals surface area contributed by atoms with Crippen LogP contribution < -0.4 is 14.8 Å². The smallest absolute Gasteiger partial charge is 0.265 e. The molecule has 2 aromatic rings. The number of ether oxygens (including phenoxy) is 2. The third-order valence-electron chi connectivity index (χ3n) is 3.64. The highest BCUT2D eigenvalue weighted by molar-refractivity contribution is 5.94. The zero-order valence-electron chi connectivity index (χ0n) is 15.4. The molecule has 0 bridgehead atoms. The molecule has 0 aromatic heterocycles. The van der Waals surface area contributed by atoms with Crippen LogP contribution in [0.3, 0.4) is 0 Å². The molecule has 4 nitrogen and oxygen atoms in total. The van der Waals surface area contributed by atoms with E-state index in [-0.39, 0.29) is 5.91 Å². The lowest BCUT2D eigenvalue weighted by atomic mass is 10.2. The first kappa shape index (κ1) is 18.8. The summed E-state index contributed by atoms with van der Waals surface area (Å²) in [6.45, 7) is 8.81. The Morgan fingerprint density at radius 3 is 2.40 bits per heavy atom. The van der Waals surface area contributed by atoms with Crippen molar-refractivity contribution in [3.8, 4) is 11.5 Å². The normalized spacial score (nSPS) is 11.9. The van der Waals surface area contributed by atoms with Gasteiger partial charge in [0.05, 0.1) is 6.61 Å². The predicted octanol–water partition coefficient (Wildman–Crippen LogP) is 4.83. The summed E-state index contributed by atoms with van der Waals surface area (Å²) in [4.78, 5) is 12.5. The Kier molecular flexibility index (Phi) is 6.87. The molecule has 25 heavy (non-hydrogen) atoms. The minimum Gasteiger partial charge on any atom is -0.493 e. The summed E-state index contributed by atoms with van der Waals surface area (Å²) in [7, 11) is 0. The van der Waals surface area contributed by atoms with Crippen LogP contribution in [0.2, 0.25) is 0 Å². The Morgan fingerprint density at radius 1 is 1.08 bits per heavy atom. The van der Waals surface area contributed by atoms with Crippen molar-refractivity contribution in [1.82, 2.24) is 0 Å². The van der Waals surface area contributed by atoms with Crippen LogP contribution in [-0.2, 0) is 4.79 Å². The van der Waals surface area contributed by atoms with Crippen molar-refractivity contribution >= 4 is 11.6 Å². The van der Waals surface area contributed by atoms with E-state index in [1.54, 1.807) is 0 Å². The summed E-state index contributed by atoms with van der Waals surface area (Å²) in [5.74, 6) is 1.83. The molecule has 4 heteroatoms. The molecule has 1 amide bonds. The highest BCUT2D eigenvalue weighted by Gasteiger charge is 2.18. The molecule has 2 aromatic carbocycles. The zero-order valence-corrected chi connectivity index (χ0v) is 15.4. The number of hydrogen-bond acceptors (Lipinski definition) is 3. The van der Waals surface area contributed by atoms with Gasteiger partial charge in [-0.05, 0) is 61.2 Å². The van der Waals surface area contributed by atoms with Gasteiger partial charge in [-0.15, -0.1) is 0 Å². The topological polar surface area (TPSA) is 47.6 Å². The number of benzene rings is 2. The van der Waals surface area contributed by atoms with Crippen molar-refractivity contribution in [3.05, 3.63) is 54.1 Å². The van der Waals surface area contributed by atoms with Gasteiger partial charge >= 0.3 is 0 Å². The number of amides is 1. The quantitative estimate of drug-likeness (QED) is 0.748. The van der Waals surface area contributed by atoms with Crippen molar-refractivity contribution < 1.29 is 14.3 Å². The second-order valence-electron chi connectivity index (χ2n) is 6.55. The Morgan fingerprint density at radius 2 is 1.80 bits per heavy atom. The average molecular weight is 341 g/mol. The summed E-state index contributed by atoms with van der Waals surface area (Å²) < 4.78 is 11.5. The van der Waals surface area contributed by atoms with Crippen LogP contribution >= 0.6 is 0 Å². The number of hydrogen-bond donors (Lipinski definition) is 1. The fraction of sp³-hybridized carbons (Fsp3) is 0.381. The number of nitrogens with one attached hydrogen (secondary N) is 1. The van der Waals surface area contributed by atoms with Crippen molar-refractivity contribution in [2.45, 2.75) is 40.2 Å². The molecule has 1 N–H and O–H groups in total. The molecular formula is C21H27NO3. The van der Waals surface area contributed by atoms with Gasteiger partial charge < -0.3 is 14.8 Å². The molecular weight excluding hydrogens is 314 g/mol. The summed E-state index contributed by atoms with van der Waals surface area (Å²) >= 11 is 0. The number of aryl methyl sites for hydroxylation is 1. The first-order valence-corrected chi connectivity index (χ1v) is 8.75. The van der Waals surface area contributed by atoms with Crippen LogP contribution in [0.25, 0.3) is 0 Å². The lowest BCUT2D eigenvalue weighted by Crippen LogP contribution is -2.32. The molecule has 134 valence electrons. The molecule has 0 saturated heterocycles. The summed E-state index contributed by atoms with van der Waals surface area (Å²) in [5.41, 5.74) is 1.83. The van der Waals surface area contributed by atoms with Gasteiger partial charge in [0.2, 0.25) is 0 Å². The molecule has 0 saturated carbocycles. The average Bonchev–Trinajstić information content (AvgIpc) is 2.59. The Balaban J connectivity index is 1.94. The van der Waals surface area contributed by atoms with Crippen LogP contribution in [0.5, 0.6) is 11.5 Å². The van der Waals surface area contributed by atoms with Gasteiger partial charge in [-0.2, -0.15) is 0 Å². The summed E-state index contributed by atoms with van der Waals surface area (Å²) in [6.07, 6.45) is 0.0636. The van der Waals surface area contributed by atoms with Crippen LogP contribution in [0, 0.1) is 12.8 Å². The van der Waals surface area contributed by atoms with Crippen molar-refractivity contribution in [2.75, 3.05) is 11.9 Å². The first-order chi connectivity index (χ1) is 12.0. The van der Waals surface area contributed by atoms with Crippen LogP contribution in [0.4, 0.5) is 5.69 Å². The monoisotopic (exact) mass is 341 g/mol. The molecule has 0 aliphatic rings. The fourth-order valence-corrected chi connectivity index (χ4v) is 2.30. The molecule has 1 atom stereocenters. The minimum atomic E-state index is -0.529. The maximum absolute atomic E-state index is 12.5. The largest absolute Gasteiger partial charge is 0.493 e. The maximum atomic E-state index is 12.5. The molecule has 0 heterocycles. The standard InChI is InChI=1S/C21H27NO3/c1-5-20(25-19-8-6-7-16(4)13-19)21(23)22-17-9-11-18(12-10-17)24-14-15(2)3/h6-13,15,20H,5,14H2,1-4H3,(H,22,23)/t20-/m1/s1. The van der Waals surface area contributed by atoms with Crippen molar-refractivity contribution in [2.24, 2.45) is 5.92 Å². The molecule has 0 spiro atoms. The van der Waals surface area contributed by atoms with Crippen LogP contribution in [0.15, 0.2) is 48.5 Å². The molecule has 0 aliphatic carbocycles. The fourth-order valence-electron chi connectivity index (χ4n) is 2.30. The number of anilines is 1. The minimum absolute atomic E-state index is 0.153. The van der Waals surface area contributed by atoms with Gasteiger partial charge in [0.15, 0.2) is 6.10 Å². The molecule has 0 fully saturated rings. The van der Waals surface area contributed by atoms with E-state index in [0.717, 1.165) is 17.0 Å². The van der Waals surface area contributed by atoms with E-state index in [9.17, 15) is 4.79 Å². The second kappa shape index (κ2) is 9.11. The van der Waals surface area contributed by atoms with Crippen molar-refractivity contribution in [1.29, 1.82) is 0 Å². The Bertz CT molecular complexity index is 680. The van der Waals surface area contributed by atoms with E-state index in [4.69, 9.17) is 9.47 Å². The van der Waals surface area contributed by atoms with Crippen LogP contribution in [0.1, 0.15) is 32.8 Å². The molecule has 2 rings (SSSR count). The third-order valence-corrected chi connectivity index (χ3v) is 3.64. The SMILES string of the molecule is CC[C@@H](Oc1cccc(C)c1)C(=O)Nc1ccc(OCC(C)C)cc1. The third kappa shape index (κ3) is 6.14. The second-order valence-corrected chi connectivity index (χ2v) is 6.55. The highest BCUT2D eigenvalue weighted by Crippen LogP contribution is 2.19. The lowest BCUT2D eigenvalue weighted by Gasteiger charge is -2.18. The first-order valence-electron chi connectivity index (χ1n) is 8.75. The maximum Gasteiger partial charge on any atom is 0.265 e. The Labute approximate surface area is 150 Å². The summed E-state index contributed by atoms with van der Waals surface area (Å²) in [5, 5.41) is 2.90. The molecule has 0 unspecified atom stereocenters. The molecule has 0 aliphatic heterocycles. The van der Waals surface area contributed by atoms with Crippen molar-refractivity contribution in [3.63, 3.8) is 0 Å². The number of carbonyl (C=O) groups is 1. The van der Waals surface area contributed by atoms with Crippen LogP contribution in [-0.4, -0.2) is 18.6 Å².